The van der Waals surface area contributed by atoms with Gasteiger partial charge in [-0.15, -0.1) is 0 Å². The Morgan fingerprint density at radius 1 is 1.58 bits per heavy atom. The Morgan fingerprint density at radius 3 is 2.95 bits per heavy atom. The largest absolute Gasteiger partial charge is 0.387 e. The molecule has 0 aromatic heterocycles. The third-order valence-electron chi connectivity index (χ3n) is 2.57. The van der Waals surface area contributed by atoms with Gasteiger partial charge in [0, 0.05) is 26.7 Å². The van der Waals surface area contributed by atoms with Crippen LogP contribution in [0.4, 0.5) is 4.39 Å². The molecule has 0 saturated carbocycles. The summed E-state index contributed by atoms with van der Waals surface area (Å²) >= 11 is 5.55. The van der Waals surface area contributed by atoms with Gasteiger partial charge in [0.05, 0.1) is 11.1 Å². The van der Waals surface area contributed by atoms with E-state index in [1.165, 1.54) is 12.1 Å². The lowest BCUT2D eigenvalue weighted by Gasteiger charge is -2.12. The number of aliphatic hydroxyl groups excluding tert-OH is 1. The van der Waals surface area contributed by atoms with Crippen molar-refractivity contribution in [2.75, 3.05) is 20.3 Å². The number of carbonyl (C=O) groups is 1. The van der Waals surface area contributed by atoms with Crippen LogP contribution in [0.3, 0.4) is 0 Å². The Balaban J connectivity index is 2.40. The number of hydrogen-bond donors (Lipinski definition) is 2. The summed E-state index contributed by atoms with van der Waals surface area (Å²) in [5.41, 5.74) is 0.374. The highest BCUT2D eigenvalue weighted by molar-refractivity contribution is 6.30. The maximum atomic E-state index is 13.2. The monoisotopic (exact) mass is 289 g/mol. The molecule has 1 rings (SSSR count). The molecular formula is C13H17ClFNO3. The van der Waals surface area contributed by atoms with Crippen molar-refractivity contribution in [1.82, 2.24) is 5.32 Å². The number of methoxy groups -OCH3 is 1. The lowest BCUT2D eigenvalue weighted by molar-refractivity contribution is -0.121. The number of nitrogens with one attached hydrogen (secondary N) is 1. The molecule has 0 aliphatic heterocycles. The van der Waals surface area contributed by atoms with Crippen molar-refractivity contribution in [3.8, 4) is 0 Å². The van der Waals surface area contributed by atoms with Crippen LogP contribution in [0.2, 0.25) is 5.02 Å². The average Bonchev–Trinajstić information content (AvgIpc) is 2.39. The molecule has 1 unspecified atom stereocenters. The minimum absolute atomic E-state index is 0.000416. The summed E-state index contributed by atoms with van der Waals surface area (Å²) in [6.07, 6.45) is -0.0121. The topological polar surface area (TPSA) is 58.6 Å². The molecule has 0 aliphatic rings. The van der Waals surface area contributed by atoms with E-state index in [4.69, 9.17) is 16.3 Å². The molecule has 6 heteroatoms. The fourth-order valence-electron chi connectivity index (χ4n) is 1.51. The predicted molar refractivity (Wildman–Crippen MR) is 70.5 cm³/mol. The number of hydrogen-bond acceptors (Lipinski definition) is 3. The standard InChI is InChI=1S/C13H17ClFNO3/c1-19-6-2-3-13(18)16-8-12(17)9-4-5-10(14)11(15)7-9/h4-5,7,12,17H,2-3,6,8H2,1H3,(H,16,18). The van der Waals surface area contributed by atoms with E-state index in [-0.39, 0.29) is 17.5 Å². The maximum absolute atomic E-state index is 13.2. The molecular weight excluding hydrogens is 273 g/mol. The Morgan fingerprint density at radius 2 is 2.32 bits per heavy atom. The maximum Gasteiger partial charge on any atom is 0.220 e. The first kappa shape index (κ1) is 15.9. The Kier molecular flexibility index (Phi) is 6.77. The van der Waals surface area contributed by atoms with Gasteiger partial charge >= 0.3 is 0 Å². The van der Waals surface area contributed by atoms with Crippen molar-refractivity contribution >= 4 is 17.5 Å². The number of halogens is 2. The zero-order valence-corrected chi connectivity index (χ0v) is 11.4. The third kappa shape index (κ3) is 5.55. The quantitative estimate of drug-likeness (QED) is 0.756. The van der Waals surface area contributed by atoms with Gasteiger partial charge in [-0.2, -0.15) is 0 Å². The van der Waals surface area contributed by atoms with Gasteiger partial charge in [0.1, 0.15) is 5.82 Å². The predicted octanol–water partition coefficient (Wildman–Crippen LogP) is 2.06. The van der Waals surface area contributed by atoms with Gasteiger partial charge in [-0.25, -0.2) is 4.39 Å². The third-order valence-corrected chi connectivity index (χ3v) is 2.88. The molecule has 19 heavy (non-hydrogen) atoms. The van der Waals surface area contributed by atoms with Crippen LogP contribution in [-0.4, -0.2) is 31.3 Å². The van der Waals surface area contributed by atoms with E-state index < -0.39 is 11.9 Å². The Labute approximate surface area is 116 Å². The molecule has 0 spiro atoms. The van der Waals surface area contributed by atoms with E-state index >= 15 is 0 Å². The second kappa shape index (κ2) is 8.09. The molecule has 4 nitrogen and oxygen atoms in total. The van der Waals surface area contributed by atoms with Crippen molar-refractivity contribution in [3.63, 3.8) is 0 Å². The fourth-order valence-corrected chi connectivity index (χ4v) is 1.63. The van der Waals surface area contributed by atoms with E-state index in [1.54, 1.807) is 7.11 Å². The summed E-state index contributed by atoms with van der Waals surface area (Å²) in [5.74, 6) is -0.768. The van der Waals surface area contributed by atoms with Crippen LogP contribution in [0.25, 0.3) is 0 Å². The summed E-state index contributed by atoms with van der Waals surface area (Å²) in [6.45, 7) is 0.547. The molecule has 0 radical (unpaired) electrons. The molecule has 0 fully saturated rings. The molecule has 1 atom stereocenters. The number of ether oxygens (including phenoxy) is 1. The molecule has 1 aromatic rings. The van der Waals surface area contributed by atoms with Gasteiger partial charge in [-0.1, -0.05) is 17.7 Å². The molecule has 0 saturated heterocycles. The molecule has 106 valence electrons. The summed E-state index contributed by atoms with van der Waals surface area (Å²) in [6, 6.07) is 4.05. The minimum Gasteiger partial charge on any atom is -0.387 e. The summed E-state index contributed by atoms with van der Waals surface area (Å²) in [5, 5.41) is 12.4. The van der Waals surface area contributed by atoms with Crippen LogP contribution in [0.5, 0.6) is 0 Å². The molecule has 0 heterocycles. The molecule has 1 aromatic carbocycles. The molecule has 0 aliphatic carbocycles. The van der Waals surface area contributed by atoms with Crippen molar-refractivity contribution in [1.29, 1.82) is 0 Å². The van der Waals surface area contributed by atoms with Crippen molar-refractivity contribution in [2.45, 2.75) is 18.9 Å². The number of amides is 1. The van der Waals surface area contributed by atoms with Crippen LogP contribution in [0.15, 0.2) is 18.2 Å². The first-order valence-electron chi connectivity index (χ1n) is 5.93. The lowest BCUT2D eigenvalue weighted by atomic mass is 10.1. The summed E-state index contributed by atoms with van der Waals surface area (Å²) in [4.78, 5) is 11.4. The van der Waals surface area contributed by atoms with Gasteiger partial charge in [0.25, 0.3) is 0 Å². The summed E-state index contributed by atoms with van der Waals surface area (Å²) in [7, 11) is 1.57. The average molecular weight is 290 g/mol. The normalized spacial score (nSPS) is 12.2. The van der Waals surface area contributed by atoms with Gasteiger partial charge in [0.2, 0.25) is 5.91 Å². The van der Waals surface area contributed by atoms with Crippen LogP contribution in [-0.2, 0) is 9.53 Å². The molecule has 0 bridgehead atoms. The lowest BCUT2D eigenvalue weighted by Crippen LogP contribution is -2.28. The van der Waals surface area contributed by atoms with Crippen molar-refractivity contribution in [3.05, 3.63) is 34.6 Å². The van der Waals surface area contributed by atoms with Crippen molar-refractivity contribution in [2.24, 2.45) is 0 Å². The first-order chi connectivity index (χ1) is 9.04. The van der Waals surface area contributed by atoms with Gasteiger partial charge in [-0.3, -0.25) is 4.79 Å². The number of carbonyl (C=O) groups excluding carboxylic acids is 1. The van der Waals surface area contributed by atoms with E-state index in [9.17, 15) is 14.3 Å². The molecule has 1 amide bonds. The highest BCUT2D eigenvalue weighted by Gasteiger charge is 2.11. The Hall–Kier alpha value is -1.17. The van der Waals surface area contributed by atoms with Crippen molar-refractivity contribution < 1.29 is 19.0 Å². The second-order valence-corrected chi connectivity index (χ2v) is 4.50. The number of benzene rings is 1. The highest BCUT2D eigenvalue weighted by Crippen LogP contribution is 2.19. The smallest absolute Gasteiger partial charge is 0.220 e. The van der Waals surface area contributed by atoms with Crippen LogP contribution < -0.4 is 5.32 Å². The van der Waals surface area contributed by atoms with Gasteiger partial charge in [-0.05, 0) is 24.1 Å². The van der Waals surface area contributed by atoms with Crippen LogP contribution in [0.1, 0.15) is 24.5 Å². The Bertz CT molecular complexity index is 428. The van der Waals surface area contributed by atoms with E-state index in [0.717, 1.165) is 6.07 Å². The number of rotatable bonds is 7. The van der Waals surface area contributed by atoms with Gasteiger partial charge in [0.15, 0.2) is 0 Å². The zero-order valence-electron chi connectivity index (χ0n) is 10.7. The van der Waals surface area contributed by atoms with E-state index in [1.807, 2.05) is 0 Å². The highest BCUT2D eigenvalue weighted by atomic mass is 35.5. The van der Waals surface area contributed by atoms with Crippen LogP contribution >= 0.6 is 11.6 Å². The molecule has 2 N–H and O–H groups in total. The van der Waals surface area contributed by atoms with Gasteiger partial charge < -0.3 is 15.2 Å². The first-order valence-corrected chi connectivity index (χ1v) is 6.31. The summed E-state index contributed by atoms with van der Waals surface area (Å²) < 4.78 is 18.0. The van der Waals surface area contributed by atoms with Crippen LogP contribution in [0, 0.1) is 5.82 Å². The zero-order chi connectivity index (χ0) is 14.3. The van der Waals surface area contributed by atoms with E-state index in [2.05, 4.69) is 5.32 Å². The van der Waals surface area contributed by atoms with E-state index in [0.29, 0.717) is 25.0 Å². The number of aliphatic hydroxyl groups is 1. The fraction of sp³-hybridized carbons (Fsp3) is 0.462. The minimum atomic E-state index is -0.960. The SMILES string of the molecule is COCCCC(=O)NCC(O)c1ccc(Cl)c(F)c1. The second-order valence-electron chi connectivity index (χ2n) is 4.09.